The van der Waals surface area contributed by atoms with Crippen LogP contribution < -0.4 is 10.2 Å². The molecule has 2 rings (SSSR count). The maximum absolute atomic E-state index is 11.8. The van der Waals surface area contributed by atoms with Crippen molar-refractivity contribution in [3.05, 3.63) is 53.6 Å². The predicted octanol–water partition coefficient (Wildman–Crippen LogP) is 2.26. The van der Waals surface area contributed by atoms with Gasteiger partial charge in [-0.3, -0.25) is 4.79 Å². The van der Waals surface area contributed by atoms with Crippen molar-refractivity contribution < 1.29 is 19.7 Å². The summed E-state index contributed by atoms with van der Waals surface area (Å²) >= 11 is 0. The Morgan fingerprint density at radius 2 is 2.00 bits per heavy atom. The van der Waals surface area contributed by atoms with Gasteiger partial charge in [0.15, 0.2) is 11.5 Å². The normalized spacial score (nSPS) is 10.6. The number of ether oxygens (including phenoxy) is 1. The molecule has 6 nitrogen and oxygen atoms in total. The zero-order chi connectivity index (χ0) is 15.9. The fourth-order valence-electron chi connectivity index (χ4n) is 1.80. The van der Waals surface area contributed by atoms with Crippen LogP contribution in [0.3, 0.4) is 0 Å². The van der Waals surface area contributed by atoms with Crippen molar-refractivity contribution in [3.63, 3.8) is 0 Å². The van der Waals surface area contributed by atoms with Crippen molar-refractivity contribution in [1.82, 2.24) is 5.43 Å². The van der Waals surface area contributed by atoms with Gasteiger partial charge in [-0.1, -0.05) is 18.2 Å². The Morgan fingerprint density at radius 3 is 2.73 bits per heavy atom. The zero-order valence-corrected chi connectivity index (χ0v) is 12.0. The summed E-state index contributed by atoms with van der Waals surface area (Å²) in [6.45, 7) is 2.24. The summed E-state index contributed by atoms with van der Waals surface area (Å²) in [5.74, 6) is -0.380. The minimum Gasteiger partial charge on any atom is -0.507 e. The molecule has 0 aliphatic heterocycles. The van der Waals surface area contributed by atoms with Gasteiger partial charge >= 0.3 is 0 Å². The lowest BCUT2D eigenvalue weighted by Crippen LogP contribution is -2.17. The smallest absolute Gasteiger partial charge is 0.275 e. The van der Waals surface area contributed by atoms with Gasteiger partial charge in [0, 0.05) is 5.56 Å². The first-order valence-electron chi connectivity index (χ1n) is 6.69. The minimum absolute atomic E-state index is 0.0510. The molecule has 0 heterocycles. The van der Waals surface area contributed by atoms with Crippen molar-refractivity contribution in [2.75, 3.05) is 6.61 Å². The van der Waals surface area contributed by atoms with Crippen LogP contribution in [0.4, 0.5) is 0 Å². The van der Waals surface area contributed by atoms with E-state index >= 15 is 0 Å². The number of rotatable bonds is 5. The number of hydrazone groups is 1. The molecule has 22 heavy (non-hydrogen) atoms. The van der Waals surface area contributed by atoms with Crippen LogP contribution >= 0.6 is 0 Å². The lowest BCUT2D eigenvalue weighted by Gasteiger charge is -2.07. The van der Waals surface area contributed by atoms with E-state index in [2.05, 4.69) is 10.5 Å². The van der Waals surface area contributed by atoms with Crippen LogP contribution in [0.1, 0.15) is 22.8 Å². The number of benzene rings is 2. The van der Waals surface area contributed by atoms with Crippen LogP contribution in [0.15, 0.2) is 47.6 Å². The van der Waals surface area contributed by atoms with Crippen LogP contribution in [-0.4, -0.2) is 28.9 Å². The zero-order valence-electron chi connectivity index (χ0n) is 12.0. The highest BCUT2D eigenvalue weighted by Crippen LogP contribution is 2.28. The molecule has 0 fully saturated rings. The highest BCUT2D eigenvalue weighted by molar-refractivity contribution is 5.97. The Labute approximate surface area is 127 Å². The number of hydrogen-bond acceptors (Lipinski definition) is 5. The molecule has 0 aliphatic carbocycles. The Kier molecular flexibility index (Phi) is 4.98. The van der Waals surface area contributed by atoms with Gasteiger partial charge in [-0.15, -0.1) is 0 Å². The molecule has 2 aromatic rings. The SMILES string of the molecule is CCOc1cccc(/C=N\NC(=O)c2ccccc2O)c1O. The Morgan fingerprint density at radius 1 is 1.23 bits per heavy atom. The summed E-state index contributed by atoms with van der Waals surface area (Å²) in [7, 11) is 0. The van der Waals surface area contributed by atoms with E-state index in [1.54, 1.807) is 30.3 Å². The molecule has 0 saturated carbocycles. The third-order valence-corrected chi connectivity index (χ3v) is 2.85. The average molecular weight is 300 g/mol. The van der Waals surface area contributed by atoms with Crippen molar-refractivity contribution in [2.45, 2.75) is 6.92 Å². The van der Waals surface area contributed by atoms with Crippen LogP contribution in [0.25, 0.3) is 0 Å². The molecule has 0 bridgehead atoms. The van der Waals surface area contributed by atoms with Gasteiger partial charge in [-0.05, 0) is 31.2 Å². The average Bonchev–Trinajstić information content (AvgIpc) is 2.51. The monoisotopic (exact) mass is 300 g/mol. The maximum atomic E-state index is 11.8. The number of para-hydroxylation sites is 2. The molecule has 0 unspecified atom stereocenters. The van der Waals surface area contributed by atoms with Crippen molar-refractivity contribution in [2.24, 2.45) is 5.10 Å². The number of phenols is 2. The number of nitrogens with zero attached hydrogens (tertiary/aromatic N) is 1. The first-order valence-corrected chi connectivity index (χ1v) is 6.69. The highest BCUT2D eigenvalue weighted by Gasteiger charge is 2.09. The first-order chi connectivity index (χ1) is 10.6. The third-order valence-electron chi connectivity index (χ3n) is 2.85. The molecular weight excluding hydrogens is 284 g/mol. The molecule has 114 valence electrons. The minimum atomic E-state index is -0.546. The topological polar surface area (TPSA) is 91.2 Å². The molecule has 0 aromatic heterocycles. The van der Waals surface area contributed by atoms with E-state index in [9.17, 15) is 15.0 Å². The Hall–Kier alpha value is -3.02. The number of aromatic hydroxyl groups is 2. The van der Waals surface area contributed by atoms with Crippen LogP contribution in [-0.2, 0) is 0 Å². The van der Waals surface area contributed by atoms with Gasteiger partial charge in [0.05, 0.1) is 18.4 Å². The maximum Gasteiger partial charge on any atom is 0.275 e. The fraction of sp³-hybridized carbons (Fsp3) is 0.125. The second-order valence-corrected chi connectivity index (χ2v) is 4.34. The summed E-state index contributed by atoms with van der Waals surface area (Å²) < 4.78 is 5.26. The van der Waals surface area contributed by atoms with E-state index in [0.29, 0.717) is 17.9 Å². The van der Waals surface area contributed by atoms with E-state index in [0.717, 1.165) is 0 Å². The fourth-order valence-corrected chi connectivity index (χ4v) is 1.80. The molecule has 2 aromatic carbocycles. The molecule has 0 spiro atoms. The predicted molar refractivity (Wildman–Crippen MR) is 82.4 cm³/mol. The van der Waals surface area contributed by atoms with Gasteiger partial charge < -0.3 is 14.9 Å². The van der Waals surface area contributed by atoms with E-state index in [-0.39, 0.29) is 17.1 Å². The molecule has 3 N–H and O–H groups in total. The van der Waals surface area contributed by atoms with Crippen LogP contribution in [0.5, 0.6) is 17.2 Å². The number of hydrogen-bond donors (Lipinski definition) is 3. The second-order valence-electron chi connectivity index (χ2n) is 4.34. The van der Waals surface area contributed by atoms with Crippen LogP contribution in [0.2, 0.25) is 0 Å². The number of carbonyl (C=O) groups is 1. The lowest BCUT2D eigenvalue weighted by molar-refractivity contribution is 0.0952. The highest BCUT2D eigenvalue weighted by atomic mass is 16.5. The second kappa shape index (κ2) is 7.12. The third kappa shape index (κ3) is 3.54. The number of amides is 1. The molecule has 0 radical (unpaired) electrons. The van der Waals surface area contributed by atoms with Gasteiger partial charge in [0.1, 0.15) is 5.75 Å². The number of phenolic OH excluding ortho intramolecular Hbond substituents is 2. The molecular formula is C16H16N2O4. The van der Waals surface area contributed by atoms with Crippen molar-refractivity contribution >= 4 is 12.1 Å². The summed E-state index contributed by atoms with van der Waals surface area (Å²) in [6.07, 6.45) is 1.30. The van der Waals surface area contributed by atoms with E-state index in [4.69, 9.17) is 4.74 Å². The molecule has 6 heteroatoms. The Balaban J connectivity index is 2.09. The van der Waals surface area contributed by atoms with Crippen molar-refractivity contribution in [3.8, 4) is 17.2 Å². The van der Waals surface area contributed by atoms with Crippen LogP contribution in [0, 0.1) is 0 Å². The largest absolute Gasteiger partial charge is 0.507 e. The van der Waals surface area contributed by atoms with E-state index < -0.39 is 5.91 Å². The van der Waals surface area contributed by atoms with E-state index in [1.807, 2.05) is 6.92 Å². The van der Waals surface area contributed by atoms with Gasteiger partial charge in [0.2, 0.25) is 0 Å². The molecule has 0 aliphatic rings. The van der Waals surface area contributed by atoms with Gasteiger partial charge in [0.25, 0.3) is 5.91 Å². The Bertz CT molecular complexity index is 698. The van der Waals surface area contributed by atoms with Gasteiger partial charge in [-0.2, -0.15) is 5.10 Å². The van der Waals surface area contributed by atoms with Crippen molar-refractivity contribution in [1.29, 1.82) is 0 Å². The summed E-state index contributed by atoms with van der Waals surface area (Å²) in [5, 5.41) is 23.3. The molecule has 0 saturated heterocycles. The quantitative estimate of drug-likeness (QED) is 0.583. The standard InChI is InChI=1S/C16H16N2O4/c1-2-22-14-9-5-6-11(15(14)20)10-17-18-16(21)12-7-3-4-8-13(12)19/h3-10,19-20H,2H2,1H3,(H,18,21)/b17-10-. The lowest BCUT2D eigenvalue weighted by atomic mass is 10.2. The number of carbonyl (C=O) groups excluding carboxylic acids is 1. The molecule has 0 atom stereocenters. The summed E-state index contributed by atoms with van der Waals surface area (Å²) in [5.41, 5.74) is 2.81. The number of nitrogens with one attached hydrogen (secondary N) is 1. The van der Waals surface area contributed by atoms with E-state index in [1.165, 1.54) is 18.3 Å². The first kappa shape index (κ1) is 15.4. The molecule has 1 amide bonds. The summed E-state index contributed by atoms with van der Waals surface area (Å²) in [4.78, 5) is 11.8. The van der Waals surface area contributed by atoms with Gasteiger partial charge in [-0.25, -0.2) is 5.43 Å². The summed E-state index contributed by atoms with van der Waals surface area (Å²) in [6, 6.07) is 11.1.